The summed E-state index contributed by atoms with van der Waals surface area (Å²) in [4.78, 5) is 21.8. The second-order valence-corrected chi connectivity index (χ2v) is 10.8. The summed E-state index contributed by atoms with van der Waals surface area (Å²) < 4.78 is 14.7. The standard InChI is InChI=1S/C32H36FN9/c1-7-8-26(22-14-24(33)16-25(15-22)35-11-12-41(3)4)29-20(2)36-32(38-29)31-30-28(39-40-31)10-9-27(37-30)23-13-21(17-34-18-23)19-42(5)6/h7-10,13-18,35H,1,11-12,19H2,2-6H3,(H,36,38)(H,39,40)/b26-8-. The van der Waals surface area contributed by atoms with Gasteiger partial charge in [0.05, 0.1) is 16.9 Å². The number of aromatic amines is 2. The van der Waals surface area contributed by atoms with Gasteiger partial charge in [-0.25, -0.2) is 14.4 Å². The molecular formula is C32H36FN9. The zero-order valence-corrected chi connectivity index (χ0v) is 24.7. The average molecular weight is 566 g/mol. The summed E-state index contributed by atoms with van der Waals surface area (Å²) >= 11 is 0. The Morgan fingerprint density at radius 2 is 1.88 bits per heavy atom. The summed E-state index contributed by atoms with van der Waals surface area (Å²) in [5.74, 6) is 0.232. The van der Waals surface area contributed by atoms with Crippen molar-refractivity contribution >= 4 is 22.3 Å². The number of aryl methyl sites for hydroxylation is 1. The van der Waals surface area contributed by atoms with Crippen LogP contribution in [0.25, 0.3) is 39.4 Å². The number of anilines is 1. The minimum atomic E-state index is -0.331. The van der Waals surface area contributed by atoms with Crippen LogP contribution in [0.1, 0.15) is 22.5 Å². The molecule has 3 N–H and O–H groups in total. The number of imidazole rings is 1. The smallest absolute Gasteiger partial charge is 0.161 e. The number of nitrogens with zero attached hydrogens (tertiary/aromatic N) is 6. The number of nitrogens with one attached hydrogen (secondary N) is 3. The van der Waals surface area contributed by atoms with Gasteiger partial charge in [-0.15, -0.1) is 0 Å². The minimum absolute atomic E-state index is 0.331. The lowest BCUT2D eigenvalue weighted by Crippen LogP contribution is -2.20. The summed E-state index contributed by atoms with van der Waals surface area (Å²) in [6.07, 6.45) is 7.22. The van der Waals surface area contributed by atoms with Crippen LogP contribution in [0, 0.1) is 12.7 Å². The molecule has 0 spiro atoms. The van der Waals surface area contributed by atoms with Crippen molar-refractivity contribution in [2.45, 2.75) is 13.5 Å². The lowest BCUT2D eigenvalue weighted by Gasteiger charge is -2.13. The number of likely N-dealkylation sites (N-methyl/N-ethyl adjacent to an activating group) is 1. The van der Waals surface area contributed by atoms with E-state index >= 15 is 0 Å². The summed E-state index contributed by atoms with van der Waals surface area (Å²) in [6, 6.07) is 11.0. The third-order valence-corrected chi connectivity index (χ3v) is 6.74. The van der Waals surface area contributed by atoms with E-state index in [1.807, 2.05) is 71.8 Å². The molecule has 0 saturated carbocycles. The molecule has 0 aliphatic rings. The summed E-state index contributed by atoms with van der Waals surface area (Å²) in [5, 5.41) is 10.9. The number of halogens is 1. The number of aromatic nitrogens is 6. The highest BCUT2D eigenvalue weighted by Crippen LogP contribution is 2.32. The van der Waals surface area contributed by atoms with Crippen molar-refractivity contribution in [3.05, 3.63) is 95.9 Å². The van der Waals surface area contributed by atoms with Crippen molar-refractivity contribution in [2.75, 3.05) is 46.6 Å². The predicted molar refractivity (Wildman–Crippen MR) is 168 cm³/mol. The molecule has 5 rings (SSSR count). The largest absolute Gasteiger partial charge is 0.384 e. The Kier molecular flexibility index (Phi) is 8.56. The van der Waals surface area contributed by atoms with Crippen molar-refractivity contribution in [1.82, 2.24) is 39.9 Å². The van der Waals surface area contributed by atoms with Gasteiger partial charge in [0.15, 0.2) is 11.5 Å². The van der Waals surface area contributed by atoms with Gasteiger partial charge in [-0.1, -0.05) is 18.7 Å². The van der Waals surface area contributed by atoms with Crippen LogP contribution >= 0.6 is 0 Å². The van der Waals surface area contributed by atoms with Crippen molar-refractivity contribution in [3.63, 3.8) is 0 Å². The highest BCUT2D eigenvalue weighted by molar-refractivity contribution is 5.90. The van der Waals surface area contributed by atoms with Crippen molar-refractivity contribution in [2.24, 2.45) is 0 Å². The second-order valence-electron chi connectivity index (χ2n) is 10.8. The van der Waals surface area contributed by atoms with E-state index in [0.29, 0.717) is 40.5 Å². The molecule has 0 atom stereocenters. The maximum Gasteiger partial charge on any atom is 0.161 e. The van der Waals surface area contributed by atoms with Gasteiger partial charge in [0.2, 0.25) is 0 Å². The van der Waals surface area contributed by atoms with Crippen molar-refractivity contribution < 1.29 is 4.39 Å². The van der Waals surface area contributed by atoms with E-state index in [-0.39, 0.29) is 5.82 Å². The number of benzene rings is 1. The molecule has 0 saturated heterocycles. The molecule has 1 aromatic carbocycles. The third kappa shape index (κ3) is 6.45. The summed E-state index contributed by atoms with van der Waals surface area (Å²) in [5.41, 5.74) is 8.56. The highest BCUT2D eigenvalue weighted by Gasteiger charge is 2.20. The second kappa shape index (κ2) is 12.5. The molecule has 10 heteroatoms. The fourth-order valence-corrected chi connectivity index (χ4v) is 4.84. The zero-order valence-electron chi connectivity index (χ0n) is 24.7. The van der Waals surface area contributed by atoms with E-state index in [1.54, 1.807) is 6.08 Å². The highest BCUT2D eigenvalue weighted by atomic mass is 19.1. The molecule has 0 aliphatic heterocycles. The number of H-pyrrole nitrogens is 2. The number of allylic oxidation sites excluding steroid dienone is 2. The molecule has 216 valence electrons. The first kappa shape index (κ1) is 28.8. The number of hydrogen-bond donors (Lipinski definition) is 3. The molecule has 0 amide bonds. The van der Waals surface area contributed by atoms with Gasteiger partial charge in [-0.3, -0.25) is 10.1 Å². The fraction of sp³-hybridized carbons (Fsp3) is 0.250. The molecule has 0 radical (unpaired) electrons. The molecule has 0 unspecified atom stereocenters. The maximum absolute atomic E-state index is 14.7. The Labute approximate surface area is 245 Å². The van der Waals surface area contributed by atoms with Crippen LogP contribution in [0.2, 0.25) is 0 Å². The molecular weight excluding hydrogens is 529 g/mol. The van der Waals surface area contributed by atoms with Gasteiger partial charge < -0.3 is 20.1 Å². The number of hydrogen-bond acceptors (Lipinski definition) is 7. The molecule has 42 heavy (non-hydrogen) atoms. The molecule has 5 aromatic rings. The summed E-state index contributed by atoms with van der Waals surface area (Å²) in [7, 11) is 8.06. The number of rotatable bonds is 11. The minimum Gasteiger partial charge on any atom is -0.384 e. The monoisotopic (exact) mass is 565 g/mol. The Morgan fingerprint density at radius 3 is 2.64 bits per heavy atom. The van der Waals surface area contributed by atoms with Gasteiger partial charge in [-0.2, -0.15) is 5.10 Å². The van der Waals surface area contributed by atoms with E-state index in [9.17, 15) is 4.39 Å². The maximum atomic E-state index is 14.7. The van der Waals surface area contributed by atoms with Gasteiger partial charge in [0.25, 0.3) is 0 Å². The lowest BCUT2D eigenvalue weighted by molar-refractivity contribution is 0.402. The van der Waals surface area contributed by atoms with E-state index in [2.05, 4.69) is 47.9 Å². The van der Waals surface area contributed by atoms with Gasteiger partial charge in [-0.05, 0) is 82.6 Å². The van der Waals surface area contributed by atoms with Crippen LogP contribution in [-0.4, -0.2) is 81.2 Å². The summed E-state index contributed by atoms with van der Waals surface area (Å²) in [6.45, 7) is 8.13. The average Bonchev–Trinajstić information content (AvgIpc) is 3.53. The van der Waals surface area contributed by atoms with Gasteiger partial charge >= 0.3 is 0 Å². The first-order valence-electron chi connectivity index (χ1n) is 13.8. The van der Waals surface area contributed by atoms with Gasteiger partial charge in [0.1, 0.15) is 11.3 Å². The van der Waals surface area contributed by atoms with Crippen LogP contribution in [0.5, 0.6) is 0 Å². The molecule has 0 aliphatic carbocycles. The lowest BCUT2D eigenvalue weighted by atomic mass is 10.00. The van der Waals surface area contributed by atoms with Crippen molar-refractivity contribution in [1.29, 1.82) is 0 Å². The predicted octanol–water partition coefficient (Wildman–Crippen LogP) is 5.51. The van der Waals surface area contributed by atoms with Crippen LogP contribution < -0.4 is 5.32 Å². The van der Waals surface area contributed by atoms with E-state index in [1.165, 1.54) is 12.1 Å². The Balaban J connectivity index is 1.51. The van der Waals surface area contributed by atoms with E-state index in [0.717, 1.165) is 46.7 Å². The Bertz CT molecular complexity index is 1750. The van der Waals surface area contributed by atoms with Gasteiger partial charge in [0, 0.05) is 54.5 Å². The first-order valence-corrected chi connectivity index (χ1v) is 13.8. The van der Waals surface area contributed by atoms with Crippen LogP contribution in [0.3, 0.4) is 0 Å². The molecule has 0 bridgehead atoms. The molecule has 4 aromatic heterocycles. The number of fused-ring (bicyclic) bond motifs is 1. The molecule has 4 heterocycles. The van der Waals surface area contributed by atoms with Crippen LogP contribution in [-0.2, 0) is 6.54 Å². The van der Waals surface area contributed by atoms with Crippen molar-refractivity contribution in [3.8, 4) is 22.8 Å². The molecule has 9 nitrogen and oxygen atoms in total. The topological polar surface area (TPSA) is 102 Å². The van der Waals surface area contributed by atoms with E-state index in [4.69, 9.17) is 9.97 Å². The van der Waals surface area contributed by atoms with E-state index < -0.39 is 0 Å². The normalized spacial score (nSPS) is 12.0. The Hall–Kier alpha value is -4.67. The molecule has 0 fully saturated rings. The quantitative estimate of drug-likeness (QED) is 0.182. The van der Waals surface area contributed by atoms with Crippen LogP contribution in [0.4, 0.5) is 10.1 Å². The first-order chi connectivity index (χ1) is 20.2. The number of pyridine rings is 2. The zero-order chi connectivity index (χ0) is 29.8. The fourth-order valence-electron chi connectivity index (χ4n) is 4.84. The SMILES string of the molecule is C=C/C=C(/c1cc(F)cc(NCCN(C)C)c1)c1nc(-c2n[nH]c3ccc(-c4cncc(CN(C)C)c4)nc23)[nH]c1C. The third-order valence-electron chi connectivity index (χ3n) is 6.74. The van der Waals surface area contributed by atoms with Crippen LogP contribution in [0.15, 0.2) is 67.5 Å². The Morgan fingerprint density at radius 1 is 1.05 bits per heavy atom.